The zero-order valence-corrected chi connectivity index (χ0v) is 23.4. The molecule has 0 spiro atoms. The van der Waals surface area contributed by atoms with Crippen LogP contribution in [-0.2, 0) is 9.59 Å². The summed E-state index contributed by atoms with van der Waals surface area (Å²) < 4.78 is 5.07. The fourth-order valence-electron chi connectivity index (χ4n) is 4.73. The number of amides is 4. The Morgan fingerprint density at radius 1 is 1.18 bits per heavy atom. The van der Waals surface area contributed by atoms with Crippen LogP contribution in [0.1, 0.15) is 51.4 Å². The van der Waals surface area contributed by atoms with Crippen molar-refractivity contribution in [3.05, 3.63) is 63.8 Å². The number of carbonyl (C=O) groups excluding carboxylic acids is 4. The van der Waals surface area contributed by atoms with Gasteiger partial charge in [-0.3, -0.25) is 19.2 Å². The van der Waals surface area contributed by atoms with Gasteiger partial charge in [0.15, 0.2) is 5.15 Å². The predicted octanol–water partition coefficient (Wildman–Crippen LogP) is 3.08. The number of thiazole rings is 1. The molecule has 4 heterocycles. The number of hydrogen-bond donors (Lipinski definition) is 2. The van der Waals surface area contributed by atoms with Crippen LogP contribution in [0.2, 0.25) is 5.15 Å². The molecule has 2 aliphatic heterocycles. The predicted molar refractivity (Wildman–Crippen MR) is 148 cm³/mol. The number of hydrazine groups is 1. The van der Waals surface area contributed by atoms with Gasteiger partial charge in [-0.05, 0) is 30.5 Å². The number of halogens is 1. The van der Waals surface area contributed by atoms with Crippen LogP contribution in [0.25, 0.3) is 10.6 Å². The van der Waals surface area contributed by atoms with Crippen molar-refractivity contribution < 1.29 is 23.9 Å². The molecular formula is C27H27ClN6O5S. The summed E-state index contributed by atoms with van der Waals surface area (Å²) >= 11 is 7.38. The van der Waals surface area contributed by atoms with Crippen LogP contribution in [0.15, 0.2) is 42.6 Å². The Balaban J connectivity index is 1.28. The second-order valence-electron chi connectivity index (χ2n) is 9.32. The van der Waals surface area contributed by atoms with Gasteiger partial charge in [-0.15, -0.1) is 11.3 Å². The van der Waals surface area contributed by atoms with Gasteiger partial charge in [0.05, 0.1) is 13.0 Å². The van der Waals surface area contributed by atoms with E-state index in [4.69, 9.17) is 16.3 Å². The minimum Gasteiger partial charge on any atom is -0.481 e. The smallest absolute Gasteiger partial charge is 0.272 e. The zero-order chi connectivity index (χ0) is 28.4. The number of carbonyl (C=O) groups is 4. The number of ether oxygens (including phenoxy) is 1. The summed E-state index contributed by atoms with van der Waals surface area (Å²) in [4.78, 5) is 61.5. The molecule has 3 aromatic rings. The van der Waals surface area contributed by atoms with Gasteiger partial charge in [-0.1, -0.05) is 36.7 Å². The van der Waals surface area contributed by atoms with Gasteiger partial charge in [0.25, 0.3) is 17.7 Å². The highest BCUT2D eigenvalue weighted by atomic mass is 35.5. The third-order valence-electron chi connectivity index (χ3n) is 6.91. The van der Waals surface area contributed by atoms with E-state index in [0.717, 1.165) is 11.3 Å². The Morgan fingerprint density at radius 2 is 1.95 bits per heavy atom. The first-order chi connectivity index (χ1) is 19.3. The van der Waals surface area contributed by atoms with Gasteiger partial charge in [0, 0.05) is 43.0 Å². The summed E-state index contributed by atoms with van der Waals surface area (Å²) in [6.45, 7) is 2.69. The van der Waals surface area contributed by atoms with E-state index in [-0.39, 0.29) is 28.4 Å². The molecule has 40 heavy (non-hydrogen) atoms. The molecule has 13 heteroatoms. The highest BCUT2D eigenvalue weighted by Crippen LogP contribution is 2.32. The van der Waals surface area contributed by atoms with Crippen molar-refractivity contribution in [2.45, 2.75) is 25.8 Å². The lowest BCUT2D eigenvalue weighted by atomic mass is 9.97. The summed E-state index contributed by atoms with van der Waals surface area (Å²) in [5, 5.41) is 9.04. The largest absolute Gasteiger partial charge is 0.481 e. The Labute approximate surface area is 239 Å². The summed E-state index contributed by atoms with van der Waals surface area (Å²) in [5.74, 6) is -1.67. The molecular weight excluding hydrogens is 556 g/mol. The lowest BCUT2D eigenvalue weighted by molar-refractivity contribution is -0.144. The molecule has 0 radical (unpaired) electrons. The van der Waals surface area contributed by atoms with Gasteiger partial charge in [-0.2, -0.15) is 0 Å². The van der Waals surface area contributed by atoms with Crippen LogP contribution in [0.5, 0.6) is 5.88 Å². The summed E-state index contributed by atoms with van der Waals surface area (Å²) in [6, 6.07) is 9.25. The van der Waals surface area contributed by atoms with Crippen molar-refractivity contribution in [1.29, 1.82) is 0 Å². The van der Waals surface area contributed by atoms with Crippen LogP contribution in [0.4, 0.5) is 0 Å². The van der Waals surface area contributed by atoms with Crippen LogP contribution in [0.3, 0.4) is 0 Å². The van der Waals surface area contributed by atoms with Crippen molar-refractivity contribution >= 4 is 46.6 Å². The molecule has 5 rings (SSSR count). The molecule has 0 saturated carbocycles. The van der Waals surface area contributed by atoms with Crippen LogP contribution in [-0.4, -0.2) is 70.4 Å². The summed E-state index contributed by atoms with van der Waals surface area (Å²) in [6.07, 6.45) is 2.65. The molecule has 4 amide bonds. The number of nitrogens with zero attached hydrogens (tertiary/aromatic N) is 4. The molecule has 1 saturated heterocycles. The second kappa shape index (κ2) is 11.6. The lowest BCUT2D eigenvalue weighted by Gasteiger charge is -2.28. The zero-order valence-electron chi connectivity index (χ0n) is 21.8. The maximum absolute atomic E-state index is 13.4. The maximum atomic E-state index is 13.4. The molecule has 11 nitrogen and oxygen atoms in total. The Kier molecular flexibility index (Phi) is 7.99. The first-order valence-electron chi connectivity index (χ1n) is 12.8. The number of fused-ring (bicyclic) bond motifs is 2. The van der Waals surface area contributed by atoms with E-state index in [0.29, 0.717) is 53.5 Å². The summed E-state index contributed by atoms with van der Waals surface area (Å²) in [7, 11) is 1.52. The standard InChI is InChI=1S/C27H27ClN6O5S/c1-3-15(13-30-24(36)21-22(28)32-25(40-21)16-9-10-19(39-2)29-14-16)23(35)31-20-17-7-4-5-8-18(17)26(37)33-11-6-12-34(33)27(20)38/h4-5,7-10,14-15,20H,3,6,11-13H2,1-2H3,(H,30,36)(H,31,35)/t15-,20+/m1/s1. The van der Waals surface area contributed by atoms with Crippen molar-refractivity contribution in [3.63, 3.8) is 0 Å². The molecule has 0 unspecified atom stereocenters. The van der Waals surface area contributed by atoms with E-state index in [1.807, 2.05) is 6.92 Å². The number of nitrogens with one attached hydrogen (secondary N) is 2. The van der Waals surface area contributed by atoms with Gasteiger partial charge in [-0.25, -0.2) is 20.0 Å². The number of benzene rings is 1. The second-order valence-corrected chi connectivity index (χ2v) is 10.7. The average molecular weight is 583 g/mol. The van der Waals surface area contributed by atoms with E-state index in [1.54, 1.807) is 42.6 Å². The quantitative estimate of drug-likeness (QED) is 0.417. The topological polar surface area (TPSA) is 134 Å². The van der Waals surface area contributed by atoms with Crippen LogP contribution in [0, 0.1) is 5.92 Å². The van der Waals surface area contributed by atoms with Gasteiger partial charge in [0.2, 0.25) is 11.8 Å². The van der Waals surface area contributed by atoms with Gasteiger partial charge >= 0.3 is 0 Å². The third-order valence-corrected chi connectivity index (χ3v) is 8.40. The first kappa shape index (κ1) is 27.5. The van der Waals surface area contributed by atoms with Gasteiger partial charge < -0.3 is 15.4 Å². The molecule has 1 fully saturated rings. The molecule has 2 aromatic heterocycles. The summed E-state index contributed by atoms with van der Waals surface area (Å²) in [5.41, 5.74) is 1.52. The van der Waals surface area contributed by atoms with Crippen LogP contribution < -0.4 is 15.4 Å². The molecule has 2 atom stereocenters. The fraction of sp³-hybridized carbons (Fsp3) is 0.333. The molecule has 0 aliphatic carbocycles. The Morgan fingerprint density at radius 3 is 2.67 bits per heavy atom. The third kappa shape index (κ3) is 5.24. The van der Waals surface area contributed by atoms with Crippen LogP contribution >= 0.6 is 22.9 Å². The monoisotopic (exact) mass is 582 g/mol. The lowest BCUT2D eigenvalue weighted by Crippen LogP contribution is -2.48. The normalized spacial score (nSPS) is 17.1. The number of rotatable bonds is 8. The van der Waals surface area contributed by atoms with E-state index >= 15 is 0 Å². The number of pyridine rings is 1. The average Bonchev–Trinajstić information content (AvgIpc) is 3.61. The molecule has 1 aromatic carbocycles. The van der Waals surface area contributed by atoms with Crippen molar-refractivity contribution in [1.82, 2.24) is 30.6 Å². The number of hydrogen-bond acceptors (Lipinski definition) is 8. The van der Waals surface area contributed by atoms with E-state index in [2.05, 4.69) is 20.6 Å². The number of aromatic nitrogens is 2. The fourth-order valence-corrected chi connectivity index (χ4v) is 5.93. The van der Waals surface area contributed by atoms with Crippen molar-refractivity contribution in [2.24, 2.45) is 5.92 Å². The van der Waals surface area contributed by atoms with E-state index in [1.165, 1.54) is 17.1 Å². The highest BCUT2D eigenvalue weighted by molar-refractivity contribution is 7.17. The van der Waals surface area contributed by atoms with E-state index in [9.17, 15) is 19.2 Å². The van der Waals surface area contributed by atoms with Crippen molar-refractivity contribution in [3.8, 4) is 16.5 Å². The maximum Gasteiger partial charge on any atom is 0.272 e. The molecule has 2 N–H and O–H groups in total. The van der Waals surface area contributed by atoms with E-state index < -0.39 is 23.8 Å². The molecule has 208 valence electrons. The SMILES string of the molecule is CC[C@H](CNC(=O)c1sc(-c2ccc(OC)nc2)nc1Cl)C(=O)N[C@@H]1C(=O)N2CCCN2C(=O)c2ccccc21. The van der Waals surface area contributed by atoms with Gasteiger partial charge in [0.1, 0.15) is 15.9 Å². The van der Waals surface area contributed by atoms with Crippen molar-refractivity contribution in [2.75, 3.05) is 26.7 Å². The minimum atomic E-state index is -1.02. The Bertz CT molecular complexity index is 1460. The molecule has 2 aliphatic rings. The first-order valence-corrected chi connectivity index (χ1v) is 14.0. The Hall–Kier alpha value is -4.03. The highest BCUT2D eigenvalue weighted by Gasteiger charge is 2.42. The minimum absolute atomic E-state index is 0.0200. The number of methoxy groups -OCH3 is 1. The molecule has 0 bridgehead atoms.